The molecule has 5 nitrogen and oxygen atoms in total. The van der Waals surface area contributed by atoms with E-state index in [4.69, 9.17) is 16.3 Å². The molecule has 2 N–H and O–H groups in total. The summed E-state index contributed by atoms with van der Waals surface area (Å²) in [7, 11) is 3.85. The second kappa shape index (κ2) is 7.11. The van der Waals surface area contributed by atoms with Gasteiger partial charge in [0.2, 0.25) is 5.91 Å². The molecule has 0 spiro atoms. The summed E-state index contributed by atoms with van der Waals surface area (Å²) in [5, 5.41) is 6.81. The average Bonchev–Trinajstić information content (AvgIpc) is 2.87. The summed E-state index contributed by atoms with van der Waals surface area (Å²) in [5.41, 5.74) is 1.63. The quantitative estimate of drug-likeness (QED) is 0.873. The third-order valence-corrected chi connectivity index (χ3v) is 3.88. The number of halogens is 1. The molecule has 6 heteroatoms. The van der Waals surface area contributed by atoms with Gasteiger partial charge in [-0.25, -0.2) is 0 Å². The number of hydrogen-bond donors (Lipinski definition) is 2. The van der Waals surface area contributed by atoms with E-state index in [1.54, 1.807) is 6.07 Å². The lowest BCUT2D eigenvalue weighted by Gasteiger charge is -2.19. The Balaban J connectivity index is 2.04. The minimum absolute atomic E-state index is 0.0351. The molecule has 1 saturated heterocycles. The molecule has 1 aromatic carbocycles. The summed E-state index contributed by atoms with van der Waals surface area (Å²) in [6.45, 7) is 3.87. The minimum atomic E-state index is -0.169. The Hall–Kier alpha value is -1.30. The standard InChI is InChI=1S/C15H22ClN3O2/c1-4-17-13-9-21-8-11(13)15(20)18-10-5-6-14(19(2)3)12(16)7-10/h5-7,11,13,17H,4,8-9H2,1-3H3,(H,18,20). The van der Waals surface area contributed by atoms with Crippen LogP contribution in [-0.4, -0.2) is 45.8 Å². The molecule has 21 heavy (non-hydrogen) atoms. The molecule has 116 valence electrons. The van der Waals surface area contributed by atoms with Gasteiger partial charge >= 0.3 is 0 Å². The zero-order chi connectivity index (χ0) is 15.4. The molecule has 1 amide bonds. The maximum absolute atomic E-state index is 12.3. The number of likely N-dealkylation sites (N-methyl/N-ethyl adjacent to an activating group) is 1. The normalized spacial score (nSPS) is 21.3. The third-order valence-electron chi connectivity index (χ3n) is 3.58. The first-order chi connectivity index (χ1) is 10.0. The van der Waals surface area contributed by atoms with Crippen LogP contribution in [-0.2, 0) is 9.53 Å². The van der Waals surface area contributed by atoms with Crippen LogP contribution in [0.5, 0.6) is 0 Å². The molecule has 0 bridgehead atoms. The van der Waals surface area contributed by atoms with Gasteiger partial charge in [0.05, 0.1) is 29.8 Å². The molecule has 1 aliphatic heterocycles. The van der Waals surface area contributed by atoms with E-state index in [0.717, 1.165) is 12.2 Å². The van der Waals surface area contributed by atoms with Crippen LogP contribution in [0.4, 0.5) is 11.4 Å². The number of hydrogen-bond acceptors (Lipinski definition) is 4. The van der Waals surface area contributed by atoms with Crippen LogP contribution < -0.4 is 15.5 Å². The zero-order valence-corrected chi connectivity index (χ0v) is 13.4. The van der Waals surface area contributed by atoms with Crippen molar-refractivity contribution in [2.24, 2.45) is 5.92 Å². The molecule has 2 unspecified atom stereocenters. The molecule has 2 rings (SSSR count). The molecule has 1 aliphatic rings. The molecule has 0 saturated carbocycles. The lowest BCUT2D eigenvalue weighted by Crippen LogP contribution is -2.41. The highest BCUT2D eigenvalue weighted by Crippen LogP contribution is 2.28. The van der Waals surface area contributed by atoms with Crippen LogP contribution in [0.15, 0.2) is 18.2 Å². The van der Waals surface area contributed by atoms with Gasteiger partial charge in [-0.1, -0.05) is 18.5 Å². The van der Waals surface area contributed by atoms with Crippen LogP contribution in [0.25, 0.3) is 0 Å². The van der Waals surface area contributed by atoms with Crippen molar-refractivity contribution in [1.82, 2.24) is 5.32 Å². The van der Waals surface area contributed by atoms with E-state index >= 15 is 0 Å². The number of anilines is 2. The van der Waals surface area contributed by atoms with Gasteiger partial charge in [-0.2, -0.15) is 0 Å². The average molecular weight is 312 g/mol. The maximum atomic E-state index is 12.3. The Morgan fingerprint density at radius 1 is 1.43 bits per heavy atom. The molecule has 1 fully saturated rings. The van der Waals surface area contributed by atoms with Gasteiger partial charge in [0.15, 0.2) is 0 Å². The minimum Gasteiger partial charge on any atom is -0.379 e. The highest BCUT2D eigenvalue weighted by molar-refractivity contribution is 6.33. The first-order valence-electron chi connectivity index (χ1n) is 7.11. The molecular weight excluding hydrogens is 290 g/mol. The molecule has 1 aromatic rings. The summed E-state index contributed by atoms with van der Waals surface area (Å²) in [4.78, 5) is 14.3. The van der Waals surface area contributed by atoms with Gasteiger partial charge in [0.25, 0.3) is 0 Å². The van der Waals surface area contributed by atoms with Crippen molar-refractivity contribution in [1.29, 1.82) is 0 Å². The number of nitrogens with one attached hydrogen (secondary N) is 2. The summed E-state index contributed by atoms with van der Waals surface area (Å²) in [6, 6.07) is 5.60. The lowest BCUT2D eigenvalue weighted by molar-refractivity contribution is -0.120. The Bertz CT molecular complexity index is 508. The Morgan fingerprint density at radius 2 is 2.19 bits per heavy atom. The fraction of sp³-hybridized carbons (Fsp3) is 0.533. The molecule has 0 radical (unpaired) electrons. The summed E-state index contributed by atoms with van der Waals surface area (Å²) in [5.74, 6) is -0.204. The first kappa shape index (κ1) is 16.1. The largest absolute Gasteiger partial charge is 0.379 e. The van der Waals surface area contributed by atoms with Gasteiger partial charge in [-0.05, 0) is 24.7 Å². The molecule has 0 aliphatic carbocycles. The summed E-state index contributed by atoms with van der Waals surface area (Å²) < 4.78 is 5.40. The summed E-state index contributed by atoms with van der Waals surface area (Å²) >= 11 is 6.22. The van der Waals surface area contributed by atoms with Crippen molar-refractivity contribution in [3.05, 3.63) is 23.2 Å². The van der Waals surface area contributed by atoms with E-state index in [9.17, 15) is 4.79 Å². The Labute approximate surface area is 130 Å². The number of rotatable bonds is 5. The number of carbonyl (C=O) groups is 1. The fourth-order valence-electron chi connectivity index (χ4n) is 2.46. The number of nitrogens with zero attached hydrogens (tertiary/aromatic N) is 1. The molecule has 0 aromatic heterocycles. The van der Waals surface area contributed by atoms with Crippen LogP contribution >= 0.6 is 11.6 Å². The highest BCUT2D eigenvalue weighted by atomic mass is 35.5. The van der Waals surface area contributed by atoms with Crippen molar-refractivity contribution in [2.45, 2.75) is 13.0 Å². The van der Waals surface area contributed by atoms with Gasteiger partial charge in [-0.15, -0.1) is 0 Å². The van der Waals surface area contributed by atoms with Crippen LogP contribution in [0.3, 0.4) is 0 Å². The van der Waals surface area contributed by atoms with Crippen molar-refractivity contribution in [3.63, 3.8) is 0 Å². The lowest BCUT2D eigenvalue weighted by atomic mass is 10.0. The second-order valence-electron chi connectivity index (χ2n) is 5.36. The van der Waals surface area contributed by atoms with Crippen LogP contribution in [0, 0.1) is 5.92 Å². The predicted octanol–water partition coefficient (Wildman–Crippen LogP) is 1.97. The second-order valence-corrected chi connectivity index (χ2v) is 5.77. The predicted molar refractivity (Wildman–Crippen MR) is 86.2 cm³/mol. The van der Waals surface area contributed by atoms with Gasteiger partial charge in [-0.3, -0.25) is 4.79 Å². The van der Waals surface area contributed by atoms with Gasteiger partial charge < -0.3 is 20.3 Å². The molecule has 1 heterocycles. The Morgan fingerprint density at radius 3 is 2.81 bits per heavy atom. The summed E-state index contributed by atoms with van der Waals surface area (Å²) in [6.07, 6.45) is 0. The van der Waals surface area contributed by atoms with Crippen molar-refractivity contribution >= 4 is 28.9 Å². The monoisotopic (exact) mass is 311 g/mol. The van der Waals surface area contributed by atoms with E-state index < -0.39 is 0 Å². The van der Waals surface area contributed by atoms with Crippen molar-refractivity contribution < 1.29 is 9.53 Å². The van der Waals surface area contributed by atoms with Crippen LogP contribution in [0.2, 0.25) is 5.02 Å². The van der Waals surface area contributed by atoms with E-state index in [-0.39, 0.29) is 17.9 Å². The van der Waals surface area contributed by atoms with E-state index in [1.165, 1.54) is 0 Å². The van der Waals surface area contributed by atoms with E-state index in [2.05, 4.69) is 10.6 Å². The van der Waals surface area contributed by atoms with Gasteiger partial charge in [0.1, 0.15) is 0 Å². The van der Waals surface area contributed by atoms with E-state index in [0.29, 0.717) is 23.9 Å². The van der Waals surface area contributed by atoms with E-state index in [1.807, 2.05) is 38.1 Å². The zero-order valence-electron chi connectivity index (χ0n) is 12.6. The molecular formula is C15H22ClN3O2. The first-order valence-corrected chi connectivity index (χ1v) is 7.49. The number of carbonyl (C=O) groups excluding carboxylic acids is 1. The SMILES string of the molecule is CCNC1COCC1C(=O)Nc1ccc(N(C)C)c(Cl)c1. The molecule has 2 atom stereocenters. The fourth-order valence-corrected chi connectivity index (χ4v) is 2.81. The van der Waals surface area contributed by atoms with Crippen molar-refractivity contribution in [2.75, 3.05) is 44.1 Å². The van der Waals surface area contributed by atoms with Gasteiger partial charge in [0, 0.05) is 25.8 Å². The number of ether oxygens (including phenoxy) is 1. The topological polar surface area (TPSA) is 53.6 Å². The third kappa shape index (κ3) is 3.87. The highest BCUT2D eigenvalue weighted by Gasteiger charge is 2.33. The number of benzene rings is 1. The van der Waals surface area contributed by atoms with Crippen molar-refractivity contribution in [3.8, 4) is 0 Å². The smallest absolute Gasteiger partial charge is 0.231 e. The maximum Gasteiger partial charge on any atom is 0.231 e. The Kier molecular flexibility index (Phi) is 5.45. The number of amides is 1. The van der Waals surface area contributed by atoms with Crippen LogP contribution in [0.1, 0.15) is 6.92 Å².